The Morgan fingerprint density at radius 1 is 0.926 bits per heavy atom. The van der Waals surface area contributed by atoms with Crippen LogP contribution in [0.2, 0.25) is 0 Å². The molecule has 0 N–H and O–H groups in total. The number of benzene rings is 2. The summed E-state index contributed by atoms with van der Waals surface area (Å²) in [6.07, 6.45) is 4.11. The predicted molar refractivity (Wildman–Crippen MR) is 110 cm³/mol. The Hall–Kier alpha value is -2.81. The van der Waals surface area contributed by atoms with Gasteiger partial charge in [-0.25, -0.2) is 0 Å². The van der Waals surface area contributed by atoms with Crippen LogP contribution >= 0.6 is 0 Å². The zero-order chi connectivity index (χ0) is 19.1. The molecule has 2 aromatic carbocycles. The SMILES string of the molecule is CCCCN(Cc1cccn1C)C(=O)C(c1ccccc1)c1ccccc1. The van der Waals surface area contributed by atoms with Crippen molar-refractivity contribution in [3.05, 3.63) is 95.8 Å². The first-order valence-electron chi connectivity index (χ1n) is 9.69. The first-order valence-corrected chi connectivity index (χ1v) is 9.69. The van der Waals surface area contributed by atoms with Gasteiger partial charge in [0.15, 0.2) is 0 Å². The van der Waals surface area contributed by atoms with Crippen LogP contribution in [0, 0.1) is 0 Å². The summed E-state index contributed by atoms with van der Waals surface area (Å²) >= 11 is 0. The molecule has 0 saturated carbocycles. The summed E-state index contributed by atoms with van der Waals surface area (Å²) in [5.74, 6) is -0.105. The van der Waals surface area contributed by atoms with Crippen LogP contribution in [0.3, 0.4) is 0 Å². The van der Waals surface area contributed by atoms with Gasteiger partial charge in [0.05, 0.1) is 12.5 Å². The van der Waals surface area contributed by atoms with Crippen molar-refractivity contribution in [3.63, 3.8) is 0 Å². The molecule has 0 fully saturated rings. The van der Waals surface area contributed by atoms with E-state index in [2.05, 4.69) is 41.8 Å². The number of rotatable bonds is 8. The monoisotopic (exact) mass is 360 g/mol. The molecule has 0 bridgehead atoms. The fraction of sp³-hybridized carbons (Fsp3) is 0.292. The first kappa shape index (κ1) is 19.0. The predicted octanol–water partition coefficient (Wildman–Crippen LogP) is 4.99. The maximum absolute atomic E-state index is 13.7. The van der Waals surface area contributed by atoms with Crippen LogP contribution in [0.5, 0.6) is 0 Å². The summed E-state index contributed by atoms with van der Waals surface area (Å²) in [6, 6.07) is 24.3. The van der Waals surface area contributed by atoms with Crippen molar-refractivity contribution in [3.8, 4) is 0 Å². The second-order valence-corrected chi connectivity index (χ2v) is 6.98. The summed E-state index contributed by atoms with van der Waals surface area (Å²) in [6.45, 7) is 3.58. The standard InChI is InChI=1S/C24H28N2O/c1-3-4-18-26(19-22-16-11-17-25(22)2)24(27)23(20-12-7-5-8-13-20)21-14-9-6-10-15-21/h5-17,23H,3-4,18-19H2,1-2H3. The maximum Gasteiger partial charge on any atom is 0.234 e. The summed E-state index contributed by atoms with van der Waals surface area (Å²) in [5, 5.41) is 0. The smallest absolute Gasteiger partial charge is 0.234 e. The molecule has 0 aliphatic heterocycles. The topological polar surface area (TPSA) is 25.2 Å². The molecule has 0 aliphatic rings. The molecule has 0 radical (unpaired) electrons. The van der Waals surface area contributed by atoms with Crippen molar-refractivity contribution in [1.82, 2.24) is 9.47 Å². The first-order chi connectivity index (χ1) is 13.2. The highest BCUT2D eigenvalue weighted by Crippen LogP contribution is 2.27. The van der Waals surface area contributed by atoms with E-state index in [1.807, 2.05) is 60.6 Å². The zero-order valence-electron chi connectivity index (χ0n) is 16.2. The van der Waals surface area contributed by atoms with Crippen LogP contribution < -0.4 is 0 Å². The summed E-state index contributed by atoms with van der Waals surface area (Å²) in [5.41, 5.74) is 3.24. The number of hydrogen-bond donors (Lipinski definition) is 0. The number of carbonyl (C=O) groups excluding carboxylic acids is 1. The third-order valence-electron chi connectivity index (χ3n) is 5.01. The molecule has 3 aromatic rings. The van der Waals surface area contributed by atoms with Crippen LogP contribution in [0.25, 0.3) is 0 Å². The van der Waals surface area contributed by atoms with Crippen LogP contribution in [0.1, 0.15) is 42.5 Å². The van der Waals surface area contributed by atoms with E-state index in [1.165, 1.54) is 0 Å². The van der Waals surface area contributed by atoms with E-state index in [4.69, 9.17) is 0 Å². The van der Waals surface area contributed by atoms with Gasteiger partial charge in [0.1, 0.15) is 0 Å². The fourth-order valence-electron chi connectivity index (χ4n) is 3.42. The van der Waals surface area contributed by atoms with Gasteiger partial charge in [0, 0.05) is 25.5 Å². The number of carbonyl (C=O) groups is 1. The molecular formula is C24H28N2O. The minimum atomic E-state index is -0.274. The fourth-order valence-corrected chi connectivity index (χ4v) is 3.42. The Bertz CT molecular complexity index is 800. The molecule has 1 amide bonds. The van der Waals surface area contributed by atoms with Gasteiger partial charge in [-0.1, -0.05) is 74.0 Å². The normalized spacial score (nSPS) is 10.9. The lowest BCUT2D eigenvalue weighted by molar-refractivity contribution is -0.132. The summed E-state index contributed by atoms with van der Waals surface area (Å²) in [7, 11) is 2.03. The van der Waals surface area contributed by atoms with E-state index in [1.54, 1.807) is 0 Å². The van der Waals surface area contributed by atoms with E-state index >= 15 is 0 Å². The molecule has 140 valence electrons. The zero-order valence-corrected chi connectivity index (χ0v) is 16.2. The molecule has 3 rings (SSSR count). The van der Waals surface area contributed by atoms with Crippen molar-refractivity contribution in [2.75, 3.05) is 6.54 Å². The van der Waals surface area contributed by atoms with Gasteiger partial charge < -0.3 is 9.47 Å². The van der Waals surface area contributed by atoms with Crippen LogP contribution in [-0.2, 0) is 18.4 Å². The van der Waals surface area contributed by atoms with Gasteiger partial charge in [0.2, 0.25) is 5.91 Å². The Balaban J connectivity index is 1.95. The highest BCUT2D eigenvalue weighted by atomic mass is 16.2. The quantitative estimate of drug-likeness (QED) is 0.556. The van der Waals surface area contributed by atoms with E-state index in [0.717, 1.165) is 36.2 Å². The van der Waals surface area contributed by atoms with Crippen LogP contribution in [-0.4, -0.2) is 21.9 Å². The van der Waals surface area contributed by atoms with E-state index in [-0.39, 0.29) is 11.8 Å². The highest BCUT2D eigenvalue weighted by Gasteiger charge is 2.27. The third kappa shape index (κ3) is 4.68. The van der Waals surface area contributed by atoms with Gasteiger partial charge in [-0.05, 0) is 29.7 Å². The van der Waals surface area contributed by atoms with Crippen molar-refractivity contribution >= 4 is 5.91 Å². The summed E-state index contributed by atoms with van der Waals surface area (Å²) in [4.78, 5) is 15.7. The van der Waals surface area contributed by atoms with Crippen LogP contribution in [0.15, 0.2) is 79.0 Å². The Morgan fingerprint density at radius 2 is 1.52 bits per heavy atom. The number of aryl methyl sites for hydroxylation is 1. The van der Waals surface area contributed by atoms with Gasteiger partial charge in [-0.3, -0.25) is 4.79 Å². The number of amides is 1. The van der Waals surface area contributed by atoms with E-state index in [0.29, 0.717) is 6.54 Å². The minimum absolute atomic E-state index is 0.169. The number of unbranched alkanes of at least 4 members (excludes halogenated alkanes) is 1. The lowest BCUT2D eigenvalue weighted by Crippen LogP contribution is -2.36. The van der Waals surface area contributed by atoms with Crippen LogP contribution in [0.4, 0.5) is 0 Å². The molecule has 0 unspecified atom stereocenters. The van der Waals surface area contributed by atoms with Gasteiger partial charge in [-0.2, -0.15) is 0 Å². The molecule has 3 heteroatoms. The molecule has 1 heterocycles. The summed E-state index contributed by atoms with van der Waals surface area (Å²) < 4.78 is 2.09. The second kappa shape index (κ2) is 9.22. The van der Waals surface area contributed by atoms with Gasteiger partial charge >= 0.3 is 0 Å². The van der Waals surface area contributed by atoms with Gasteiger partial charge in [-0.15, -0.1) is 0 Å². The largest absolute Gasteiger partial charge is 0.353 e. The highest BCUT2D eigenvalue weighted by molar-refractivity contribution is 5.87. The molecular weight excluding hydrogens is 332 g/mol. The van der Waals surface area contributed by atoms with E-state index < -0.39 is 0 Å². The second-order valence-electron chi connectivity index (χ2n) is 6.98. The molecule has 0 saturated heterocycles. The lowest BCUT2D eigenvalue weighted by atomic mass is 9.90. The molecule has 3 nitrogen and oxygen atoms in total. The Labute approximate surface area is 162 Å². The molecule has 0 atom stereocenters. The average Bonchev–Trinajstić information content (AvgIpc) is 3.11. The van der Waals surface area contributed by atoms with Crippen molar-refractivity contribution < 1.29 is 4.79 Å². The maximum atomic E-state index is 13.7. The van der Waals surface area contributed by atoms with Crippen molar-refractivity contribution in [2.24, 2.45) is 7.05 Å². The van der Waals surface area contributed by atoms with Crippen molar-refractivity contribution in [2.45, 2.75) is 32.2 Å². The number of nitrogens with zero attached hydrogens (tertiary/aromatic N) is 2. The minimum Gasteiger partial charge on any atom is -0.353 e. The molecule has 0 aliphatic carbocycles. The Morgan fingerprint density at radius 3 is 2.00 bits per heavy atom. The molecule has 1 aromatic heterocycles. The van der Waals surface area contributed by atoms with Gasteiger partial charge in [0.25, 0.3) is 0 Å². The number of hydrogen-bond acceptors (Lipinski definition) is 1. The Kier molecular flexibility index (Phi) is 6.48. The lowest BCUT2D eigenvalue weighted by Gasteiger charge is -2.28. The average molecular weight is 361 g/mol. The van der Waals surface area contributed by atoms with Crippen molar-refractivity contribution in [1.29, 1.82) is 0 Å². The number of aromatic nitrogens is 1. The third-order valence-corrected chi connectivity index (χ3v) is 5.01. The molecule has 27 heavy (non-hydrogen) atoms. The molecule has 0 spiro atoms. The van der Waals surface area contributed by atoms with E-state index in [9.17, 15) is 4.79 Å².